The van der Waals surface area contributed by atoms with Crippen molar-refractivity contribution in [3.05, 3.63) is 23.0 Å². The predicted octanol–water partition coefficient (Wildman–Crippen LogP) is 3.85. The van der Waals surface area contributed by atoms with Crippen molar-refractivity contribution in [1.29, 1.82) is 0 Å². The molecule has 1 aromatic heterocycles. The maximum atomic E-state index is 13.4. The molecule has 3 rings (SSSR count). The van der Waals surface area contributed by atoms with Gasteiger partial charge in [0, 0.05) is 12.6 Å². The Morgan fingerprint density at radius 2 is 2.26 bits per heavy atom. The zero-order valence-corrected chi connectivity index (χ0v) is 11.6. The molecule has 0 amide bonds. The Morgan fingerprint density at radius 3 is 2.95 bits per heavy atom. The number of fused-ring (bicyclic) bond motifs is 1. The molecule has 2 atom stereocenters. The number of halogens is 2. The van der Waals surface area contributed by atoms with E-state index in [2.05, 4.69) is 11.9 Å². The molecule has 1 aromatic carbocycles. The molecule has 2 aromatic rings. The third kappa shape index (κ3) is 2.29. The van der Waals surface area contributed by atoms with E-state index in [1.165, 1.54) is 25.3 Å². The average molecular weight is 282 g/mol. The number of imidazole rings is 1. The van der Waals surface area contributed by atoms with Crippen LogP contribution < -0.4 is 5.73 Å². The SMILES string of the molecule is CC1CCC(Cn2c(N)nc3cc(F)c(Cl)cc32)C1. The molecule has 2 unspecified atom stereocenters. The number of hydrogen-bond acceptors (Lipinski definition) is 2. The van der Waals surface area contributed by atoms with Gasteiger partial charge in [0.1, 0.15) is 5.82 Å². The Bertz CT molecular complexity index is 623. The van der Waals surface area contributed by atoms with Gasteiger partial charge in [0.2, 0.25) is 5.95 Å². The molecule has 1 aliphatic rings. The maximum Gasteiger partial charge on any atom is 0.201 e. The first kappa shape index (κ1) is 12.7. The Morgan fingerprint density at radius 1 is 1.47 bits per heavy atom. The van der Waals surface area contributed by atoms with Gasteiger partial charge in [-0.25, -0.2) is 9.37 Å². The number of anilines is 1. The van der Waals surface area contributed by atoms with Crippen LogP contribution >= 0.6 is 11.6 Å². The normalized spacial score (nSPS) is 23.3. The summed E-state index contributed by atoms with van der Waals surface area (Å²) >= 11 is 5.85. The second-order valence-electron chi connectivity index (χ2n) is 5.62. The van der Waals surface area contributed by atoms with E-state index < -0.39 is 5.82 Å². The molecule has 3 nitrogen and oxygen atoms in total. The van der Waals surface area contributed by atoms with E-state index in [-0.39, 0.29) is 5.02 Å². The van der Waals surface area contributed by atoms with Gasteiger partial charge in [0.25, 0.3) is 0 Å². The first-order valence-corrected chi connectivity index (χ1v) is 7.03. The number of hydrogen-bond donors (Lipinski definition) is 1. The Labute approximate surface area is 116 Å². The van der Waals surface area contributed by atoms with Crippen LogP contribution in [0.5, 0.6) is 0 Å². The smallest absolute Gasteiger partial charge is 0.201 e. The molecule has 0 bridgehead atoms. The van der Waals surface area contributed by atoms with Crippen molar-refractivity contribution in [3.63, 3.8) is 0 Å². The van der Waals surface area contributed by atoms with Crippen LogP contribution in [0, 0.1) is 17.7 Å². The fourth-order valence-electron chi connectivity index (χ4n) is 3.08. The molecule has 1 fully saturated rings. The van der Waals surface area contributed by atoms with E-state index >= 15 is 0 Å². The van der Waals surface area contributed by atoms with E-state index in [0.717, 1.165) is 18.0 Å². The minimum atomic E-state index is -0.451. The molecule has 0 radical (unpaired) electrons. The summed E-state index contributed by atoms with van der Waals surface area (Å²) in [4.78, 5) is 4.22. The van der Waals surface area contributed by atoms with Crippen LogP contribution in [0.15, 0.2) is 12.1 Å². The summed E-state index contributed by atoms with van der Waals surface area (Å²) in [6.07, 6.45) is 3.70. The highest BCUT2D eigenvalue weighted by Crippen LogP contribution is 2.33. The maximum absolute atomic E-state index is 13.4. The number of nitrogen functional groups attached to an aromatic ring is 1. The molecule has 1 heterocycles. The predicted molar refractivity (Wildman–Crippen MR) is 75.6 cm³/mol. The second-order valence-corrected chi connectivity index (χ2v) is 6.03. The highest BCUT2D eigenvalue weighted by Gasteiger charge is 2.23. The quantitative estimate of drug-likeness (QED) is 0.909. The third-order valence-electron chi connectivity index (χ3n) is 4.06. The van der Waals surface area contributed by atoms with Crippen molar-refractivity contribution in [2.75, 3.05) is 5.73 Å². The number of nitrogens with zero attached hydrogens (tertiary/aromatic N) is 2. The van der Waals surface area contributed by atoms with Gasteiger partial charge in [-0.05, 0) is 30.7 Å². The van der Waals surface area contributed by atoms with Crippen LogP contribution in [0.3, 0.4) is 0 Å². The van der Waals surface area contributed by atoms with Gasteiger partial charge >= 0.3 is 0 Å². The molecule has 2 N–H and O–H groups in total. The summed E-state index contributed by atoms with van der Waals surface area (Å²) in [5.41, 5.74) is 7.35. The molecular formula is C14H17ClFN3. The van der Waals surface area contributed by atoms with E-state index in [1.54, 1.807) is 6.07 Å². The van der Waals surface area contributed by atoms with Gasteiger partial charge in [0.05, 0.1) is 16.1 Å². The molecule has 5 heteroatoms. The van der Waals surface area contributed by atoms with Crippen molar-refractivity contribution >= 4 is 28.6 Å². The van der Waals surface area contributed by atoms with Gasteiger partial charge in [-0.3, -0.25) is 0 Å². The highest BCUT2D eigenvalue weighted by atomic mass is 35.5. The molecule has 19 heavy (non-hydrogen) atoms. The van der Waals surface area contributed by atoms with Crippen molar-refractivity contribution < 1.29 is 4.39 Å². The van der Waals surface area contributed by atoms with Crippen LogP contribution in [-0.4, -0.2) is 9.55 Å². The monoisotopic (exact) mass is 281 g/mol. The molecule has 102 valence electrons. The fourth-order valence-corrected chi connectivity index (χ4v) is 3.24. The van der Waals surface area contributed by atoms with E-state index in [1.807, 2.05) is 4.57 Å². The first-order valence-electron chi connectivity index (χ1n) is 6.65. The Kier molecular flexibility index (Phi) is 3.13. The summed E-state index contributed by atoms with van der Waals surface area (Å²) in [7, 11) is 0. The third-order valence-corrected chi connectivity index (χ3v) is 4.35. The van der Waals surface area contributed by atoms with Crippen LogP contribution in [0.25, 0.3) is 11.0 Å². The van der Waals surface area contributed by atoms with Gasteiger partial charge in [-0.1, -0.05) is 24.9 Å². The molecule has 0 aliphatic heterocycles. The minimum Gasteiger partial charge on any atom is -0.369 e. The molecule has 0 spiro atoms. The van der Waals surface area contributed by atoms with Crippen molar-refractivity contribution in [1.82, 2.24) is 9.55 Å². The molecular weight excluding hydrogens is 265 g/mol. The lowest BCUT2D eigenvalue weighted by atomic mass is 10.1. The van der Waals surface area contributed by atoms with Crippen molar-refractivity contribution in [3.8, 4) is 0 Å². The standard InChI is InChI=1S/C14H17ClFN3/c1-8-2-3-9(4-8)7-19-13-5-10(15)11(16)6-12(13)18-14(19)17/h5-6,8-9H,2-4,7H2,1H3,(H2,17,18). The lowest BCUT2D eigenvalue weighted by Crippen LogP contribution is -2.10. The number of rotatable bonds is 2. The zero-order valence-electron chi connectivity index (χ0n) is 10.9. The van der Waals surface area contributed by atoms with Crippen molar-refractivity contribution in [2.24, 2.45) is 11.8 Å². The van der Waals surface area contributed by atoms with Gasteiger partial charge in [-0.15, -0.1) is 0 Å². The van der Waals surface area contributed by atoms with Crippen LogP contribution in [-0.2, 0) is 6.54 Å². The van der Waals surface area contributed by atoms with Crippen LogP contribution in [0.4, 0.5) is 10.3 Å². The van der Waals surface area contributed by atoms with E-state index in [0.29, 0.717) is 17.4 Å². The van der Waals surface area contributed by atoms with Gasteiger partial charge in [-0.2, -0.15) is 0 Å². The number of nitrogens with two attached hydrogens (primary N) is 1. The minimum absolute atomic E-state index is 0.119. The molecule has 1 saturated carbocycles. The van der Waals surface area contributed by atoms with Gasteiger partial charge in [0.15, 0.2) is 0 Å². The van der Waals surface area contributed by atoms with Crippen LogP contribution in [0.1, 0.15) is 26.2 Å². The number of aromatic nitrogens is 2. The Balaban J connectivity index is 1.98. The summed E-state index contributed by atoms with van der Waals surface area (Å²) in [6.45, 7) is 3.12. The molecule has 1 aliphatic carbocycles. The summed E-state index contributed by atoms with van der Waals surface area (Å²) in [6, 6.07) is 2.97. The largest absolute Gasteiger partial charge is 0.369 e. The fraction of sp³-hybridized carbons (Fsp3) is 0.500. The second kappa shape index (κ2) is 4.67. The van der Waals surface area contributed by atoms with Crippen molar-refractivity contribution in [2.45, 2.75) is 32.7 Å². The molecule has 0 saturated heterocycles. The zero-order chi connectivity index (χ0) is 13.6. The van der Waals surface area contributed by atoms with Crippen LogP contribution in [0.2, 0.25) is 5.02 Å². The summed E-state index contributed by atoms with van der Waals surface area (Å²) in [5.74, 6) is 1.39. The summed E-state index contributed by atoms with van der Waals surface area (Å²) < 4.78 is 15.4. The number of benzene rings is 1. The lowest BCUT2D eigenvalue weighted by molar-refractivity contribution is 0.450. The lowest BCUT2D eigenvalue weighted by Gasteiger charge is -2.13. The summed E-state index contributed by atoms with van der Waals surface area (Å²) in [5, 5.41) is 0.119. The van der Waals surface area contributed by atoms with E-state index in [9.17, 15) is 4.39 Å². The average Bonchev–Trinajstić information content (AvgIpc) is 2.87. The topological polar surface area (TPSA) is 43.8 Å². The van der Waals surface area contributed by atoms with Gasteiger partial charge < -0.3 is 10.3 Å². The first-order chi connectivity index (χ1) is 9.04. The Hall–Kier alpha value is -1.29. The highest BCUT2D eigenvalue weighted by molar-refractivity contribution is 6.31. The van der Waals surface area contributed by atoms with E-state index in [4.69, 9.17) is 17.3 Å².